The van der Waals surface area contributed by atoms with Gasteiger partial charge in [0.2, 0.25) is 0 Å². The van der Waals surface area contributed by atoms with Gasteiger partial charge in [-0.3, -0.25) is 14.6 Å². The average molecular weight is 354 g/mol. The largest absolute Gasteiger partial charge is 0.355 e. The zero-order valence-corrected chi connectivity index (χ0v) is 14.5. The van der Waals surface area contributed by atoms with E-state index in [1.807, 2.05) is 25.1 Å². The van der Waals surface area contributed by atoms with Crippen LogP contribution in [0.4, 0.5) is 5.69 Å². The topological polar surface area (TPSA) is 71.1 Å². The Morgan fingerprint density at radius 3 is 2.40 bits per heavy atom. The van der Waals surface area contributed by atoms with Gasteiger partial charge in [-0.2, -0.15) is 0 Å². The highest BCUT2D eigenvalue weighted by atomic mass is 35.5. The number of benzene rings is 2. The number of nitrogens with one attached hydrogen (secondary N) is 2. The minimum Gasteiger partial charge on any atom is -0.355 e. The third-order valence-corrected chi connectivity index (χ3v) is 4.11. The molecule has 2 N–H and O–H groups in total. The van der Waals surface area contributed by atoms with Crippen LogP contribution in [0.3, 0.4) is 0 Å². The normalized spacial score (nSPS) is 10.5. The molecule has 0 spiro atoms. The van der Waals surface area contributed by atoms with Crippen molar-refractivity contribution >= 4 is 40.0 Å². The smallest absolute Gasteiger partial charge is 0.255 e. The summed E-state index contributed by atoms with van der Waals surface area (Å²) in [6.07, 6.45) is 0. The molecule has 0 saturated carbocycles. The number of amides is 2. The molecule has 0 unspecified atom stereocenters. The molecule has 0 atom stereocenters. The van der Waals surface area contributed by atoms with Crippen LogP contribution in [0.25, 0.3) is 10.9 Å². The number of halogens is 1. The van der Waals surface area contributed by atoms with Gasteiger partial charge in [-0.15, -0.1) is 0 Å². The number of fused-ring (bicyclic) bond motifs is 1. The first-order valence-corrected chi connectivity index (χ1v) is 8.06. The van der Waals surface area contributed by atoms with Gasteiger partial charge in [0.05, 0.1) is 16.2 Å². The van der Waals surface area contributed by atoms with Gasteiger partial charge in [-0.05, 0) is 49.4 Å². The van der Waals surface area contributed by atoms with Gasteiger partial charge in [0.15, 0.2) is 0 Å². The third-order valence-electron chi connectivity index (χ3n) is 3.80. The van der Waals surface area contributed by atoms with Gasteiger partial charge >= 0.3 is 0 Å². The summed E-state index contributed by atoms with van der Waals surface area (Å²) in [5.41, 5.74) is 3.14. The highest BCUT2D eigenvalue weighted by Crippen LogP contribution is 2.24. The third kappa shape index (κ3) is 3.61. The highest BCUT2D eigenvalue weighted by molar-refractivity contribution is 6.34. The minimum absolute atomic E-state index is 0.239. The van der Waals surface area contributed by atoms with E-state index in [1.54, 1.807) is 31.3 Å². The molecule has 1 aromatic heterocycles. The Morgan fingerprint density at radius 1 is 0.960 bits per heavy atom. The average Bonchev–Trinajstić information content (AvgIpc) is 2.62. The monoisotopic (exact) mass is 353 g/mol. The molecule has 25 heavy (non-hydrogen) atoms. The zero-order valence-electron chi connectivity index (χ0n) is 13.8. The predicted molar refractivity (Wildman–Crippen MR) is 99.3 cm³/mol. The molecule has 3 rings (SSSR count). The molecule has 6 heteroatoms. The van der Waals surface area contributed by atoms with E-state index in [1.165, 1.54) is 6.07 Å². The maximum atomic E-state index is 12.5. The molecule has 5 nitrogen and oxygen atoms in total. The Morgan fingerprint density at radius 2 is 1.68 bits per heavy atom. The Kier molecular flexibility index (Phi) is 4.67. The van der Waals surface area contributed by atoms with Gasteiger partial charge in [0, 0.05) is 29.3 Å². The summed E-state index contributed by atoms with van der Waals surface area (Å²) in [6, 6.07) is 13.9. The lowest BCUT2D eigenvalue weighted by atomic mass is 10.1. The molecule has 0 bridgehead atoms. The van der Waals surface area contributed by atoms with Crippen LogP contribution in [-0.2, 0) is 0 Å². The molecular formula is C19H16ClN3O2. The molecule has 0 aliphatic heterocycles. The molecule has 2 aromatic carbocycles. The van der Waals surface area contributed by atoms with Crippen LogP contribution < -0.4 is 10.6 Å². The molecular weight excluding hydrogens is 338 g/mol. The summed E-state index contributed by atoms with van der Waals surface area (Å²) in [7, 11) is 1.54. The fourth-order valence-electron chi connectivity index (χ4n) is 2.47. The van der Waals surface area contributed by atoms with E-state index < -0.39 is 0 Å². The molecule has 2 amide bonds. The number of rotatable bonds is 3. The second-order valence-electron chi connectivity index (χ2n) is 5.59. The molecule has 0 saturated heterocycles. The fourth-order valence-corrected chi connectivity index (χ4v) is 2.69. The molecule has 1 heterocycles. The van der Waals surface area contributed by atoms with Crippen LogP contribution in [0.5, 0.6) is 0 Å². The van der Waals surface area contributed by atoms with Gasteiger partial charge in [0.1, 0.15) is 0 Å². The molecule has 0 radical (unpaired) electrons. The van der Waals surface area contributed by atoms with Crippen LogP contribution in [0.15, 0.2) is 48.5 Å². The number of carbonyl (C=O) groups is 2. The standard InChI is InChI=1S/C19H16ClN3O2/c1-11-3-4-12-9-13(5-7-16(12)22-11)19(25)23-17-8-6-14(10-15(17)20)18(24)21-2/h3-10H,1-2H3,(H,21,24)(H,23,25). The van der Waals surface area contributed by atoms with Crippen molar-refractivity contribution in [1.29, 1.82) is 0 Å². The van der Waals surface area contributed by atoms with E-state index in [-0.39, 0.29) is 11.8 Å². The lowest BCUT2D eigenvalue weighted by Gasteiger charge is -2.09. The molecule has 126 valence electrons. The van der Waals surface area contributed by atoms with Crippen molar-refractivity contribution in [2.24, 2.45) is 0 Å². The molecule has 0 fully saturated rings. The van der Waals surface area contributed by atoms with Crippen LogP contribution in [-0.4, -0.2) is 23.8 Å². The van der Waals surface area contributed by atoms with Gasteiger partial charge in [0.25, 0.3) is 11.8 Å². The van der Waals surface area contributed by atoms with Crippen molar-refractivity contribution in [3.8, 4) is 0 Å². The zero-order chi connectivity index (χ0) is 18.0. The van der Waals surface area contributed by atoms with Crippen LogP contribution in [0.1, 0.15) is 26.4 Å². The Balaban J connectivity index is 1.84. The second kappa shape index (κ2) is 6.91. The summed E-state index contributed by atoms with van der Waals surface area (Å²) >= 11 is 6.17. The highest BCUT2D eigenvalue weighted by Gasteiger charge is 2.12. The molecule has 3 aromatic rings. The van der Waals surface area contributed by atoms with E-state index in [4.69, 9.17) is 11.6 Å². The van der Waals surface area contributed by atoms with E-state index in [0.717, 1.165) is 16.6 Å². The van der Waals surface area contributed by atoms with E-state index in [9.17, 15) is 9.59 Å². The Hall–Kier alpha value is -2.92. The minimum atomic E-state index is -0.280. The van der Waals surface area contributed by atoms with Gasteiger partial charge in [-0.25, -0.2) is 0 Å². The number of aromatic nitrogens is 1. The molecule has 0 aliphatic carbocycles. The molecule has 0 aliphatic rings. The number of nitrogens with zero attached hydrogens (tertiary/aromatic N) is 1. The van der Waals surface area contributed by atoms with Crippen molar-refractivity contribution < 1.29 is 9.59 Å². The van der Waals surface area contributed by atoms with E-state index >= 15 is 0 Å². The first-order valence-electron chi connectivity index (χ1n) is 7.68. The van der Waals surface area contributed by atoms with Crippen molar-refractivity contribution in [1.82, 2.24) is 10.3 Å². The van der Waals surface area contributed by atoms with Crippen LogP contribution in [0, 0.1) is 6.92 Å². The summed E-state index contributed by atoms with van der Waals surface area (Å²) in [6.45, 7) is 1.92. The van der Waals surface area contributed by atoms with Crippen molar-refractivity contribution in [2.75, 3.05) is 12.4 Å². The number of aryl methyl sites for hydroxylation is 1. The fraction of sp³-hybridized carbons (Fsp3) is 0.105. The number of anilines is 1. The summed E-state index contributed by atoms with van der Waals surface area (Å²) in [5, 5.41) is 6.48. The summed E-state index contributed by atoms with van der Waals surface area (Å²) in [5.74, 6) is -0.519. The number of carbonyl (C=O) groups excluding carboxylic acids is 2. The SMILES string of the molecule is CNC(=O)c1ccc(NC(=O)c2ccc3nc(C)ccc3c2)c(Cl)c1. The van der Waals surface area contributed by atoms with Gasteiger partial charge in [-0.1, -0.05) is 17.7 Å². The van der Waals surface area contributed by atoms with Crippen molar-refractivity contribution in [2.45, 2.75) is 6.92 Å². The van der Waals surface area contributed by atoms with Crippen LogP contribution in [0.2, 0.25) is 5.02 Å². The number of hydrogen-bond acceptors (Lipinski definition) is 3. The van der Waals surface area contributed by atoms with Crippen molar-refractivity contribution in [3.05, 3.63) is 70.4 Å². The quantitative estimate of drug-likeness (QED) is 0.752. The van der Waals surface area contributed by atoms with E-state index in [2.05, 4.69) is 15.6 Å². The maximum Gasteiger partial charge on any atom is 0.255 e. The Labute approximate surface area is 150 Å². The summed E-state index contributed by atoms with van der Waals surface area (Å²) < 4.78 is 0. The first kappa shape index (κ1) is 16.9. The summed E-state index contributed by atoms with van der Waals surface area (Å²) in [4.78, 5) is 28.5. The number of hydrogen-bond donors (Lipinski definition) is 2. The van der Waals surface area contributed by atoms with Crippen LogP contribution >= 0.6 is 11.6 Å². The lowest BCUT2D eigenvalue weighted by molar-refractivity contribution is 0.0962. The second-order valence-corrected chi connectivity index (χ2v) is 6.00. The van der Waals surface area contributed by atoms with E-state index in [0.29, 0.717) is 21.8 Å². The van der Waals surface area contributed by atoms with Gasteiger partial charge < -0.3 is 10.6 Å². The first-order chi connectivity index (χ1) is 12.0. The lowest BCUT2D eigenvalue weighted by Crippen LogP contribution is -2.18. The predicted octanol–water partition coefficient (Wildman–Crippen LogP) is 3.81. The van der Waals surface area contributed by atoms with Crippen molar-refractivity contribution in [3.63, 3.8) is 0 Å². The number of pyridine rings is 1. The maximum absolute atomic E-state index is 12.5. The Bertz CT molecular complexity index is 986.